The third-order valence-electron chi connectivity index (χ3n) is 5.70. The molecule has 0 aromatic heterocycles. The van der Waals surface area contributed by atoms with Gasteiger partial charge in [0, 0.05) is 35.4 Å². The van der Waals surface area contributed by atoms with Crippen LogP contribution >= 0.6 is 34.8 Å². The van der Waals surface area contributed by atoms with E-state index in [9.17, 15) is 4.79 Å². The summed E-state index contributed by atoms with van der Waals surface area (Å²) in [6.07, 6.45) is 0. The van der Waals surface area contributed by atoms with Crippen molar-refractivity contribution in [3.8, 4) is 0 Å². The van der Waals surface area contributed by atoms with Crippen molar-refractivity contribution >= 4 is 52.1 Å². The van der Waals surface area contributed by atoms with E-state index in [4.69, 9.17) is 40.5 Å². The zero-order chi connectivity index (χ0) is 22.1. The smallest absolute Gasteiger partial charge is 0.256 e. The number of carbonyl (C=O) groups is 1. The third-order valence-corrected chi connectivity index (χ3v) is 6.49. The van der Waals surface area contributed by atoms with Gasteiger partial charge in [-0.2, -0.15) is 0 Å². The summed E-state index contributed by atoms with van der Waals surface area (Å²) in [7, 11) is 0. The second-order valence-electron chi connectivity index (χ2n) is 7.64. The molecular weight excluding hydrogens is 453 g/mol. The molecular formula is C24H22Cl3N3O. The summed E-state index contributed by atoms with van der Waals surface area (Å²) in [6.45, 7) is 3.57. The van der Waals surface area contributed by atoms with Crippen LogP contribution in [0, 0.1) is 6.92 Å². The zero-order valence-corrected chi connectivity index (χ0v) is 19.3. The Kier molecular flexibility index (Phi) is 6.33. The first-order valence-corrected chi connectivity index (χ1v) is 11.1. The maximum atomic E-state index is 13.3. The van der Waals surface area contributed by atoms with Gasteiger partial charge in [-0.1, -0.05) is 59.1 Å². The normalized spacial score (nSPS) is 16.5. The minimum Gasteiger partial charge on any atom is -0.398 e. The number of nitrogens with zero attached hydrogens (tertiary/aromatic N) is 2. The van der Waals surface area contributed by atoms with Crippen LogP contribution in [0.2, 0.25) is 15.1 Å². The molecule has 0 spiro atoms. The number of rotatable bonds is 3. The molecule has 3 aromatic rings. The molecule has 1 aliphatic heterocycles. The molecule has 0 radical (unpaired) electrons. The molecule has 1 atom stereocenters. The van der Waals surface area contributed by atoms with Gasteiger partial charge in [0.05, 0.1) is 22.3 Å². The standard InChI is InChI=1S/C24H22Cl3N3O/c1-15-3-2-4-19(23(15)28)24(31)29-11-12-30(21-10-9-18(26)13-20(21)27)22(14-29)16-5-7-17(25)8-6-16/h2-10,13,22H,11-12,14,28H2,1H3. The molecule has 2 N–H and O–H groups in total. The Bertz CT molecular complexity index is 1120. The van der Waals surface area contributed by atoms with Crippen molar-refractivity contribution in [1.82, 2.24) is 4.90 Å². The van der Waals surface area contributed by atoms with Gasteiger partial charge in [0.25, 0.3) is 5.91 Å². The number of halogens is 3. The number of anilines is 2. The highest BCUT2D eigenvalue weighted by molar-refractivity contribution is 6.36. The molecule has 7 heteroatoms. The summed E-state index contributed by atoms with van der Waals surface area (Å²) in [4.78, 5) is 17.4. The predicted molar refractivity (Wildman–Crippen MR) is 129 cm³/mol. The van der Waals surface area contributed by atoms with Crippen molar-refractivity contribution < 1.29 is 4.79 Å². The second kappa shape index (κ2) is 8.99. The minimum absolute atomic E-state index is 0.0676. The number of aryl methyl sites for hydroxylation is 1. The summed E-state index contributed by atoms with van der Waals surface area (Å²) < 4.78 is 0. The van der Waals surface area contributed by atoms with E-state index in [1.807, 2.05) is 60.4 Å². The number of carbonyl (C=O) groups excluding carboxylic acids is 1. The Morgan fingerprint density at radius 3 is 2.39 bits per heavy atom. The Balaban J connectivity index is 1.69. The molecule has 0 saturated carbocycles. The van der Waals surface area contributed by atoms with Gasteiger partial charge in [0.2, 0.25) is 0 Å². The van der Waals surface area contributed by atoms with E-state index in [0.717, 1.165) is 16.8 Å². The topological polar surface area (TPSA) is 49.6 Å². The minimum atomic E-state index is -0.0975. The summed E-state index contributed by atoms with van der Waals surface area (Å²) >= 11 is 18.7. The van der Waals surface area contributed by atoms with E-state index < -0.39 is 0 Å². The number of nitrogens with two attached hydrogens (primary N) is 1. The third kappa shape index (κ3) is 4.47. The molecule has 1 heterocycles. The lowest BCUT2D eigenvalue weighted by molar-refractivity contribution is 0.0723. The first-order chi connectivity index (χ1) is 14.8. The summed E-state index contributed by atoms with van der Waals surface area (Å²) in [6, 6.07) is 18.6. The fourth-order valence-corrected chi connectivity index (χ4v) is 4.62. The number of hydrogen-bond acceptors (Lipinski definition) is 3. The number of amides is 1. The van der Waals surface area contributed by atoms with Gasteiger partial charge in [-0.25, -0.2) is 0 Å². The Morgan fingerprint density at radius 2 is 1.68 bits per heavy atom. The van der Waals surface area contributed by atoms with Crippen LogP contribution in [0.25, 0.3) is 0 Å². The van der Waals surface area contributed by atoms with Crippen molar-refractivity contribution in [2.24, 2.45) is 0 Å². The van der Waals surface area contributed by atoms with Gasteiger partial charge >= 0.3 is 0 Å². The van der Waals surface area contributed by atoms with Crippen LogP contribution in [0.1, 0.15) is 27.5 Å². The van der Waals surface area contributed by atoms with Crippen LogP contribution in [-0.2, 0) is 0 Å². The molecule has 0 bridgehead atoms. The van der Waals surface area contributed by atoms with Crippen molar-refractivity contribution in [3.05, 3.63) is 92.4 Å². The van der Waals surface area contributed by atoms with Gasteiger partial charge in [-0.05, 0) is 54.4 Å². The van der Waals surface area contributed by atoms with Crippen LogP contribution in [0.4, 0.5) is 11.4 Å². The highest BCUT2D eigenvalue weighted by Crippen LogP contribution is 2.37. The zero-order valence-electron chi connectivity index (χ0n) is 17.0. The molecule has 31 heavy (non-hydrogen) atoms. The molecule has 4 nitrogen and oxygen atoms in total. The highest BCUT2D eigenvalue weighted by atomic mass is 35.5. The number of benzene rings is 3. The van der Waals surface area contributed by atoms with E-state index in [1.54, 1.807) is 12.1 Å². The molecule has 4 rings (SSSR count). The van der Waals surface area contributed by atoms with Crippen LogP contribution in [0.3, 0.4) is 0 Å². The summed E-state index contributed by atoms with van der Waals surface area (Å²) in [5, 5.41) is 1.82. The van der Waals surface area contributed by atoms with Gasteiger partial charge in [0.15, 0.2) is 0 Å². The van der Waals surface area contributed by atoms with E-state index in [-0.39, 0.29) is 11.9 Å². The lowest BCUT2D eigenvalue weighted by Gasteiger charge is -2.43. The lowest BCUT2D eigenvalue weighted by Crippen LogP contribution is -2.50. The average molecular weight is 475 g/mol. The average Bonchev–Trinajstić information content (AvgIpc) is 2.76. The van der Waals surface area contributed by atoms with E-state index >= 15 is 0 Å². The lowest BCUT2D eigenvalue weighted by atomic mass is 10.00. The molecule has 1 saturated heterocycles. The highest BCUT2D eigenvalue weighted by Gasteiger charge is 2.32. The summed E-state index contributed by atoms with van der Waals surface area (Å²) in [5.41, 5.74) is 10.1. The maximum Gasteiger partial charge on any atom is 0.256 e. The fourth-order valence-electron chi connectivity index (χ4n) is 3.98. The number of nitrogen functional groups attached to an aromatic ring is 1. The maximum absolute atomic E-state index is 13.3. The monoisotopic (exact) mass is 473 g/mol. The first kappa shape index (κ1) is 21.8. The van der Waals surface area contributed by atoms with E-state index in [0.29, 0.717) is 46.0 Å². The van der Waals surface area contributed by atoms with Crippen LogP contribution in [0.5, 0.6) is 0 Å². The summed E-state index contributed by atoms with van der Waals surface area (Å²) in [5.74, 6) is -0.0676. The fraction of sp³-hybridized carbons (Fsp3) is 0.208. The van der Waals surface area contributed by atoms with Crippen LogP contribution < -0.4 is 10.6 Å². The second-order valence-corrected chi connectivity index (χ2v) is 8.92. The van der Waals surface area contributed by atoms with Crippen molar-refractivity contribution in [1.29, 1.82) is 0 Å². The van der Waals surface area contributed by atoms with Crippen molar-refractivity contribution in [3.63, 3.8) is 0 Å². The molecule has 1 unspecified atom stereocenters. The van der Waals surface area contributed by atoms with Crippen molar-refractivity contribution in [2.45, 2.75) is 13.0 Å². The van der Waals surface area contributed by atoms with Crippen LogP contribution in [-0.4, -0.2) is 30.4 Å². The molecule has 160 valence electrons. The number of para-hydroxylation sites is 1. The molecule has 0 aliphatic carbocycles. The predicted octanol–water partition coefficient (Wildman–Crippen LogP) is 6.24. The number of hydrogen-bond donors (Lipinski definition) is 1. The Labute approximate surface area is 197 Å². The van der Waals surface area contributed by atoms with Gasteiger partial charge in [-0.3, -0.25) is 4.79 Å². The molecule has 1 aliphatic rings. The molecule has 1 amide bonds. The van der Waals surface area contributed by atoms with Crippen molar-refractivity contribution in [2.75, 3.05) is 30.3 Å². The number of piperazine rings is 1. The Hall–Kier alpha value is -2.40. The van der Waals surface area contributed by atoms with Gasteiger partial charge < -0.3 is 15.5 Å². The van der Waals surface area contributed by atoms with Gasteiger partial charge in [-0.15, -0.1) is 0 Å². The SMILES string of the molecule is Cc1cccc(C(=O)N2CCN(c3ccc(Cl)cc3Cl)C(c3ccc(Cl)cc3)C2)c1N. The van der Waals surface area contributed by atoms with E-state index in [2.05, 4.69) is 4.90 Å². The van der Waals surface area contributed by atoms with Crippen LogP contribution in [0.15, 0.2) is 60.7 Å². The first-order valence-electron chi connectivity index (χ1n) is 9.96. The van der Waals surface area contributed by atoms with Gasteiger partial charge in [0.1, 0.15) is 0 Å². The largest absolute Gasteiger partial charge is 0.398 e. The molecule has 3 aromatic carbocycles. The molecule has 1 fully saturated rings. The Morgan fingerprint density at radius 1 is 0.968 bits per heavy atom. The quantitative estimate of drug-likeness (QED) is 0.457. The van der Waals surface area contributed by atoms with E-state index in [1.165, 1.54) is 0 Å².